The number of ether oxygens (including phenoxy) is 1. The largest absolute Gasteiger partial charge is 0.497 e. The molecule has 0 saturated carbocycles. The molecule has 0 spiro atoms. The van der Waals surface area contributed by atoms with Crippen molar-refractivity contribution in [1.29, 1.82) is 0 Å². The van der Waals surface area contributed by atoms with Crippen molar-refractivity contribution in [1.82, 2.24) is 0 Å². The third kappa shape index (κ3) is 4.31. The standard InChI is InChI=1S/C16H17NO2S/c1-12-5-3-6-13(9-12)17-16(18)11-20-15-8-4-7-14(10-15)19-2/h3-10H,11H2,1-2H3,(H,17,18). The lowest BCUT2D eigenvalue weighted by Crippen LogP contribution is -2.13. The highest BCUT2D eigenvalue weighted by Gasteiger charge is 2.04. The number of carbonyl (C=O) groups excluding carboxylic acids is 1. The summed E-state index contributed by atoms with van der Waals surface area (Å²) in [5, 5.41) is 2.89. The van der Waals surface area contributed by atoms with E-state index in [2.05, 4.69) is 5.32 Å². The number of thioether (sulfide) groups is 1. The van der Waals surface area contributed by atoms with E-state index in [1.807, 2.05) is 55.5 Å². The fourth-order valence-electron chi connectivity index (χ4n) is 1.76. The van der Waals surface area contributed by atoms with Crippen LogP contribution >= 0.6 is 11.8 Å². The molecule has 20 heavy (non-hydrogen) atoms. The van der Waals surface area contributed by atoms with Gasteiger partial charge < -0.3 is 10.1 Å². The number of aryl methyl sites for hydroxylation is 1. The van der Waals surface area contributed by atoms with E-state index in [1.165, 1.54) is 11.8 Å². The zero-order valence-corrected chi connectivity index (χ0v) is 12.4. The quantitative estimate of drug-likeness (QED) is 0.851. The molecule has 0 aromatic heterocycles. The third-order valence-corrected chi connectivity index (χ3v) is 3.71. The van der Waals surface area contributed by atoms with Crippen LogP contribution in [0.1, 0.15) is 5.56 Å². The lowest BCUT2D eigenvalue weighted by atomic mass is 10.2. The number of anilines is 1. The number of methoxy groups -OCH3 is 1. The lowest BCUT2D eigenvalue weighted by molar-refractivity contribution is -0.113. The molecule has 0 atom stereocenters. The Morgan fingerprint density at radius 2 is 2.00 bits per heavy atom. The second-order valence-electron chi connectivity index (χ2n) is 4.39. The number of hydrogen-bond donors (Lipinski definition) is 1. The first-order chi connectivity index (χ1) is 9.67. The van der Waals surface area contributed by atoms with Crippen molar-refractivity contribution in [3.63, 3.8) is 0 Å². The van der Waals surface area contributed by atoms with Crippen LogP contribution < -0.4 is 10.1 Å². The molecular formula is C16H17NO2S. The Morgan fingerprint density at radius 1 is 1.20 bits per heavy atom. The lowest BCUT2D eigenvalue weighted by Gasteiger charge is -2.06. The predicted octanol–water partition coefficient (Wildman–Crippen LogP) is 3.73. The molecule has 1 N–H and O–H groups in total. The van der Waals surface area contributed by atoms with E-state index >= 15 is 0 Å². The van der Waals surface area contributed by atoms with Gasteiger partial charge in [0.2, 0.25) is 5.91 Å². The van der Waals surface area contributed by atoms with Crippen LogP contribution in [-0.2, 0) is 4.79 Å². The minimum Gasteiger partial charge on any atom is -0.497 e. The molecule has 0 bridgehead atoms. The van der Waals surface area contributed by atoms with Gasteiger partial charge in [0.25, 0.3) is 0 Å². The molecule has 104 valence electrons. The van der Waals surface area contributed by atoms with Gasteiger partial charge in [0.05, 0.1) is 12.9 Å². The third-order valence-electron chi connectivity index (χ3n) is 2.71. The van der Waals surface area contributed by atoms with E-state index in [0.717, 1.165) is 21.9 Å². The van der Waals surface area contributed by atoms with E-state index in [1.54, 1.807) is 7.11 Å². The average molecular weight is 287 g/mol. The molecule has 0 aliphatic rings. The zero-order valence-electron chi connectivity index (χ0n) is 11.6. The van der Waals surface area contributed by atoms with Crippen LogP contribution in [0.4, 0.5) is 5.69 Å². The summed E-state index contributed by atoms with van der Waals surface area (Å²) in [5.74, 6) is 1.17. The normalized spacial score (nSPS) is 10.1. The van der Waals surface area contributed by atoms with Crippen molar-refractivity contribution in [3.8, 4) is 5.75 Å². The average Bonchev–Trinajstić information content (AvgIpc) is 2.45. The molecule has 2 aromatic carbocycles. The fourth-order valence-corrected chi connectivity index (χ4v) is 2.50. The first-order valence-corrected chi connectivity index (χ1v) is 7.29. The number of carbonyl (C=O) groups is 1. The highest BCUT2D eigenvalue weighted by atomic mass is 32.2. The second kappa shape index (κ2) is 7.01. The first-order valence-electron chi connectivity index (χ1n) is 6.31. The van der Waals surface area contributed by atoms with Crippen LogP contribution in [-0.4, -0.2) is 18.8 Å². The van der Waals surface area contributed by atoms with Gasteiger partial charge >= 0.3 is 0 Å². The summed E-state index contributed by atoms with van der Waals surface area (Å²) in [6.07, 6.45) is 0. The highest BCUT2D eigenvalue weighted by molar-refractivity contribution is 8.00. The fraction of sp³-hybridized carbons (Fsp3) is 0.188. The molecule has 0 unspecified atom stereocenters. The Morgan fingerprint density at radius 3 is 2.75 bits per heavy atom. The van der Waals surface area contributed by atoms with E-state index in [9.17, 15) is 4.79 Å². The maximum absolute atomic E-state index is 11.9. The molecule has 3 nitrogen and oxygen atoms in total. The monoisotopic (exact) mass is 287 g/mol. The van der Waals surface area contributed by atoms with Gasteiger partial charge in [0.1, 0.15) is 5.75 Å². The van der Waals surface area contributed by atoms with Gasteiger partial charge in [-0.2, -0.15) is 0 Å². The van der Waals surface area contributed by atoms with E-state index in [-0.39, 0.29) is 5.91 Å². The first kappa shape index (κ1) is 14.5. The van der Waals surface area contributed by atoms with Gasteiger partial charge in [-0.15, -0.1) is 11.8 Å². The Labute approximate surface area is 123 Å². The number of benzene rings is 2. The van der Waals surface area contributed by atoms with Gasteiger partial charge in [-0.3, -0.25) is 4.79 Å². The van der Waals surface area contributed by atoms with Crippen LogP contribution in [0.3, 0.4) is 0 Å². The topological polar surface area (TPSA) is 38.3 Å². The zero-order chi connectivity index (χ0) is 14.4. The smallest absolute Gasteiger partial charge is 0.234 e. The van der Waals surface area contributed by atoms with Gasteiger partial charge in [-0.1, -0.05) is 18.2 Å². The van der Waals surface area contributed by atoms with Crippen molar-refractivity contribution in [2.45, 2.75) is 11.8 Å². The SMILES string of the molecule is COc1cccc(SCC(=O)Nc2cccc(C)c2)c1. The van der Waals surface area contributed by atoms with Crippen molar-refractivity contribution in [2.75, 3.05) is 18.2 Å². The maximum atomic E-state index is 11.9. The molecule has 2 rings (SSSR count). The number of nitrogens with one attached hydrogen (secondary N) is 1. The van der Waals surface area contributed by atoms with Crippen LogP contribution in [0.15, 0.2) is 53.4 Å². The number of hydrogen-bond acceptors (Lipinski definition) is 3. The van der Waals surface area contributed by atoms with Crippen molar-refractivity contribution < 1.29 is 9.53 Å². The molecule has 0 aliphatic carbocycles. The predicted molar refractivity (Wildman–Crippen MR) is 83.5 cm³/mol. The molecule has 0 aliphatic heterocycles. The molecule has 2 aromatic rings. The summed E-state index contributed by atoms with van der Waals surface area (Å²) in [5.41, 5.74) is 1.96. The summed E-state index contributed by atoms with van der Waals surface area (Å²) in [4.78, 5) is 12.9. The highest BCUT2D eigenvalue weighted by Crippen LogP contribution is 2.23. The van der Waals surface area contributed by atoms with Crippen molar-refractivity contribution in [2.24, 2.45) is 0 Å². The Kier molecular flexibility index (Phi) is 5.07. The number of amides is 1. The van der Waals surface area contributed by atoms with Gasteiger partial charge in [0, 0.05) is 10.6 Å². The second-order valence-corrected chi connectivity index (χ2v) is 5.43. The Balaban J connectivity index is 1.88. The van der Waals surface area contributed by atoms with Crippen LogP contribution in [0, 0.1) is 6.92 Å². The molecule has 0 saturated heterocycles. The van der Waals surface area contributed by atoms with Crippen LogP contribution in [0.5, 0.6) is 5.75 Å². The summed E-state index contributed by atoms with van der Waals surface area (Å²) in [7, 11) is 1.63. The molecular weight excluding hydrogens is 270 g/mol. The molecule has 4 heteroatoms. The summed E-state index contributed by atoms with van der Waals surface area (Å²) in [6, 6.07) is 15.5. The minimum absolute atomic E-state index is 0.0107. The summed E-state index contributed by atoms with van der Waals surface area (Å²) < 4.78 is 5.16. The maximum Gasteiger partial charge on any atom is 0.234 e. The minimum atomic E-state index is -0.0107. The molecule has 0 radical (unpaired) electrons. The van der Waals surface area contributed by atoms with Crippen molar-refractivity contribution in [3.05, 3.63) is 54.1 Å². The van der Waals surface area contributed by atoms with Gasteiger partial charge in [0.15, 0.2) is 0 Å². The van der Waals surface area contributed by atoms with Gasteiger partial charge in [-0.05, 0) is 42.8 Å². The van der Waals surface area contributed by atoms with Crippen LogP contribution in [0.25, 0.3) is 0 Å². The van der Waals surface area contributed by atoms with Crippen LogP contribution in [0.2, 0.25) is 0 Å². The van der Waals surface area contributed by atoms with Gasteiger partial charge in [-0.25, -0.2) is 0 Å². The van der Waals surface area contributed by atoms with E-state index in [4.69, 9.17) is 4.74 Å². The Bertz CT molecular complexity index is 599. The van der Waals surface area contributed by atoms with Crippen molar-refractivity contribution >= 4 is 23.4 Å². The molecule has 0 heterocycles. The summed E-state index contributed by atoms with van der Waals surface area (Å²) >= 11 is 1.49. The van der Waals surface area contributed by atoms with E-state index in [0.29, 0.717) is 5.75 Å². The molecule has 1 amide bonds. The molecule has 0 fully saturated rings. The summed E-state index contributed by atoms with van der Waals surface area (Å²) in [6.45, 7) is 2.00. The van der Waals surface area contributed by atoms with E-state index < -0.39 is 0 Å². The Hall–Kier alpha value is -1.94. The number of rotatable bonds is 5.